The van der Waals surface area contributed by atoms with E-state index in [9.17, 15) is 0 Å². The maximum absolute atomic E-state index is 5.28. The summed E-state index contributed by atoms with van der Waals surface area (Å²) in [5.41, 5.74) is 1.59. The van der Waals surface area contributed by atoms with Crippen LogP contribution in [-0.4, -0.2) is 35.2 Å². The van der Waals surface area contributed by atoms with Gasteiger partial charge in [0.1, 0.15) is 17.3 Å². The Morgan fingerprint density at radius 2 is 2.00 bits per heavy atom. The van der Waals surface area contributed by atoms with Crippen molar-refractivity contribution < 1.29 is 4.74 Å². The molecule has 3 rings (SSSR count). The third-order valence-corrected chi connectivity index (χ3v) is 4.06. The van der Waals surface area contributed by atoms with Gasteiger partial charge in [0.05, 0.1) is 12.6 Å². The number of ether oxygens (including phenoxy) is 1. The van der Waals surface area contributed by atoms with E-state index in [1.165, 1.54) is 0 Å². The van der Waals surface area contributed by atoms with Gasteiger partial charge in [0.15, 0.2) is 11.0 Å². The summed E-state index contributed by atoms with van der Waals surface area (Å²) in [6, 6.07) is 6.10. The van der Waals surface area contributed by atoms with Gasteiger partial charge >= 0.3 is 0 Å². The van der Waals surface area contributed by atoms with E-state index < -0.39 is 0 Å². The number of hydrogen-bond donors (Lipinski definition) is 2. The fourth-order valence-corrected chi connectivity index (χ4v) is 3.07. The molecular formula is C16H19N5OS. The Morgan fingerprint density at radius 1 is 1.17 bits per heavy atom. The summed E-state index contributed by atoms with van der Waals surface area (Å²) < 4.78 is 5.28. The van der Waals surface area contributed by atoms with E-state index >= 15 is 0 Å². The molecule has 0 bridgehead atoms. The Kier molecular flexibility index (Phi) is 4.29. The maximum atomic E-state index is 5.28. The molecule has 0 spiro atoms. The molecule has 0 amide bonds. The molecule has 0 saturated carbocycles. The number of rotatable bonds is 5. The van der Waals surface area contributed by atoms with Crippen LogP contribution in [0.15, 0.2) is 23.6 Å². The van der Waals surface area contributed by atoms with Gasteiger partial charge in [-0.15, -0.1) is 11.3 Å². The topological polar surface area (TPSA) is 72.0 Å². The van der Waals surface area contributed by atoms with Crippen LogP contribution >= 0.6 is 11.3 Å². The van der Waals surface area contributed by atoms with Crippen LogP contribution in [0.3, 0.4) is 0 Å². The van der Waals surface area contributed by atoms with Gasteiger partial charge in [0.25, 0.3) is 0 Å². The molecule has 2 heterocycles. The lowest BCUT2D eigenvalue weighted by Crippen LogP contribution is -2.09. The third kappa shape index (κ3) is 3.19. The van der Waals surface area contributed by atoms with Gasteiger partial charge < -0.3 is 15.4 Å². The van der Waals surface area contributed by atoms with Crippen molar-refractivity contribution in [2.45, 2.75) is 19.9 Å². The minimum atomic E-state index is 0.337. The SMILES string of the molecule is CNc1nc(-c2csc(NC(C)C)n2)nc2cc(OC)ccc12. The largest absolute Gasteiger partial charge is 0.497 e. The zero-order valence-corrected chi connectivity index (χ0v) is 14.4. The van der Waals surface area contributed by atoms with Crippen molar-refractivity contribution in [3.63, 3.8) is 0 Å². The molecule has 2 N–H and O–H groups in total. The lowest BCUT2D eigenvalue weighted by atomic mass is 10.2. The van der Waals surface area contributed by atoms with Crippen LogP contribution in [0.2, 0.25) is 0 Å². The minimum absolute atomic E-state index is 0.337. The number of thiazole rings is 1. The first-order valence-corrected chi connectivity index (χ1v) is 8.24. The number of hydrogen-bond acceptors (Lipinski definition) is 7. The molecule has 6 nitrogen and oxygen atoms in total. The number of methoxy groups -OCH3 is 1. The summed E-state index contributed by atoms with van der Waals surface area (Å²) in [5, 5.41) is 10.2. The normalized spacial score (nSPS) is 11.0. The summed E-state index contributed by atoms with van der Waals surface area (Å²) in [5.74, 6) is 2.15. The minimum Gasteiger partial charge on any atom is -0.497 e. The summed E-state index contributed by atoms with van der Waals surface area (Å²) in [7, 11) is 3.50. The first-order chi connectivity index (χ1) is 11.1. The Hall–Kier alpha value is -2.41. The first-order valence-electron chi connectivity index (χ1n) is 7.36. The molecule has 120 valence electrons. The lowest BCUT2D eigenvalue weighted by molar-refractivity contribution is 0.415. The highest BCUT2D eigenvalue weighted by molar-refractivity contribution is 7.14. The van der Waals surface area contributed by atoms with Crippen LogP contribution in [0, 0.1) is 0 Å². The van der Waals surface area contributed by atoms with Crippen LogP contribution < -0.4 is 15.4 Å². The average Bonchev–Trinajstić information content (AvgIpc) is 3.00. The molecule has 2 aromatic heterocycles. The molecular weight excluding hydrogens is 310 g/mol. The maximum Gasteiger partial charge on any atom is 0.183 e. The molecule has 7 heteroatoms. The third-order valence-electron chi connectivity index (χ3n) is 3.29. The van der Waals surface area contributed by atoms with Gasteiger partial charge in [0.2, 0.25) is 0 Å². The summed E-state index contributed by atoms with van der Waals surface area (Å²) in [6.07, 6.45) is 0. The van der Waals surface area contributed by atoms with E-state index in [4.69, 9.17) is 4.74 Å². The van der Waals surface area contributed by atoms with Crippen LogP contribution in [0.25, 0.3) is 22.4 Å². The lowest BCUT2D eigenvalue weighted by Gasteiger charge is -2.08. The van der Waals surface area contributed by atoms with E-state index in [0.29, 0.717) is 11.9 Å². The van der Waals surface area contributed by atoms with Crippen molar-refractivity contribution in [1.29, 1.82) is 0 Å². The van der Waals surface area contributed by atoms with Crippen LogP contribution in [0.4, 0.5) is 10.9 Å². The Morgan fingerprint density at radius 3 is 2.70 bits per heavy atom. The highest BCUT2D eigenvalue weighted by atomic mass is 32.1. The first kappa shape index (κ1) is 15.5. The number of nitrogens with zero attached hydrogens (tertiary/aromatic N) is 3. The predicted molar refractivity (Wildman–Crippen MR) is 95.5 cm³/mol. The second-order valence-electron chi connectivity index (χ2n) is 5.37. The van der Waals surface area contributed by atoms with Gasteiger partial charge in [-0.25, -0.2) is 15.0 Å². The van der Waals surface area contributed by atoms with Crippen LogP contribution in [-0.2, 0) is 0 Å². The fraction of sp³-hybridized carbons (Fsp3) is 0.312. The molecule has 0 aliphatic rings. The number of fused-ring (bicyclic) bond motifs is 1. The standard InChI is InChI=1S/C16H19N5OS/c1-9(2)18-16-20-13(8-23-16)15-19-12-7-10(22-4)5-6-11(12)14(17-3)21-15/h5-9H,1-4H3,(H,18,20)(H,17,19,21). The van der Waals surface area contributed by atoms with Gasteiger partial charge in [-0.05, 0) is 26.0 Å². The quantitative estimate of drug-likeness (QED) is 0.745. The zero-order valence-electron chi connectivity index (χ0n) is 13.5. The second kappa shape index (κ2) is 6.37. The van der Waals surface area contributed by atoms with E-state index in [1.807, 2.05) is 30.6 Å². The molecule has 0 fully saturated rings. The van der Waals surface area contributed by atoms with Crippen molar-refractivity contribution in [1.82, 2.24) is 15.0 Å². The molecule has 0 aliphatic heterocycles. The molecule has 0 radical (unpaired) electrons. The summed E-state index contributed by atoms with van der Waals surface area (Å²) in [4.78, 5) is 13.8. The van der Waals surface area contributed by atoms with Gasteiger partial charge in [-0.1, -0.05) is 0 Å². The summed E-state index contributed by atoms with van der Waals surface area (Å²) in [6.45, 7) is 4.16. The van der Waals surface area contributed by atoms with Crippen molar-refractivity contribution in [2.24, 2.45) is 0 Å². The zero-order chi connectivity index (χ0) is 16.4. The predicted octanol–water partition coefficient (Wildman–Crippen LogP) is 3.62. The number of nitrogens with one attached hydrogen (secondary N) is 2. The average molecular weight is 329 g/mol. The van der Waals surface area contributed by atoms with Gasteiger partial charge in [-0.3, -0.25) is 0 Å². The number of anilines is 2. The molecule has 0 unspecified atom stereocenters. The smallest absolute Gasteiger partial charge is 0.183 e. The van der Waals surface area contributed by atoms with Crippen molar-refractivity contribution in [3.05, 3.63) is 23.6 Å². The fourth-order valence-electron chi connectivity index (χ4n) is 2.23. The molecule has 0 aliphatic carbocycles. The number of benzene rings is 1. The van der Waals surface area contributed by atoms with Gasteiger partial charge in [-0.2, -0.15) is 0 Å². The van der Waals surface area contributed by atoms with Gasteiger partial charge in [0, 0.05) is 29.9 Å². The molecule has 1 aromatic carbocycles. The van der Waals surface area contributed by atoms with Crippen molar-refractivity contribution >= 4 is 33.2 Å². The molecule has 0 atom stereocenters. The summed E-state index contributed by atoms with van der Waals surface area (Å²) >= 11 is 1.55. The highest BCUT2D eigenvalue weighted by Gasteiger charge is 2.12. The van der Waals surface area contributed by atoms with E-state index in [2.05, 4.69) is 39.4 Å². The molecule has 0 saturated heterocycles. The van der Waals surface area contributed by atoms with E-state index in [0.717, 1.165) is 33.3 Å². The Balaban J connectivity index is 2.08. The Bertz CT molecular complexity index is 830. The highest BCUT2D eigenvalue weighted by Crippen LogP contribution is 2.29. The molecule has 23 heavy (non-hydrogen) atoms. The van der Waals surface area contributed by atoms with Crippen LogP contribution in [0.1, 0.15) is 13.8 Å². The number of aromatic nitrogens is 3. The van der Waals surface area contributed by atoms with Crippen molar-refractivity contribution in [2.75, 3.05) is 24.8 Å². The van der Waals surface area contributed by atoms with E-state index in [-0.39, 0.29) is 0 Å². The monoisotopic (exact) mass is 329 g/mol. The molecule has 3 aromatic rings. The van der Waals surface area contributed by atoms with E-state index in [1.54, 1.807) is 18.4 Å². The second-order valence-corrected chi connectivity index (χ2v) is 6.22. The van der Waals surface area contributed by atoms with Crippen molar-refractivity contribution in [3.8, 4) is 17.3 Å². The van der Waals surface area contributed by atoms with Crippen LogP contribution in [0.5, 0.6) is 5.75 Å². The Labute approximate surface area is 139 Å².